The molecule has 0 radical (unpaired) electrons. The maximum atomic E-state index is 9.14. The summed E-state index contributed by atoms with van der Waals surface area (Å²) in [5.74, 6) is 0.773. The molecule has 0 aliphatic heterocycles. The largest absolute Gasteiger partial charge is 0.496 e. The van der Waals surface area contributed by atoms with Crippen LogP contribution in [-0.2, 0) is 0 Å². The molecular formula is C14H22N2O2. The molecule has 0 spiro atoms. The van der Waals surface area contributed by atoms with Gasteiger partial charge in [0, 0.05) is 30.4 Å². The van der Waals surface area contributed by atoms with Crippen LogP contribution in [0.3, 0.4) is 0 Å². The predicted octanol–water partition coefficient (Wildman–Crippen LogP) is 1.70. The average Bonchev–Trinajstić information content (AvgIpc) is 2.37. The third-order valence-electron chi connectivity index (χ3n) is 2.78. The average molecular weight is 250 g/mol. The van der Waals surface area contributed by atoms with Gasteiger partial charge in [-0.05, 0) is 19.1 Å². The number of hydrogen-bond acceptors (Lipinski definition) is 4. The van der Waals surface area contributed by atoms with E-state index in [4.69, 9.17) is 15.6 Å². The van der Waals surface area contributed by atoms with E-state index in [1.165, 1.54) is 0 Å². The Bertz CT molecular complexity index is 391. The molecule has 1 atom stereocenters. The van der Waals surface area contributed by atoms with E-state index in [9.17, 15) is 0 Å². The molecular weight excluding hydrogens is 228 g/mol. The molecule has 100 valence electrons. The first kappa shape index (κ1) is 14.5. The first-order chi connectivity index (χ1) is 8.65. The fraction of sp³-hybridized carbons (Fsp3) is 0.429. The van der Waals surface area contributed by atoms with E-state index in [0.717, 1.165) is 17.0 Å². The summed E-state index contributed by atoms with van der Waals surface area (Å²) in [4.78, 5) is 2.04. The molecule has 0 aromatic heterocycles. The fourth-order valence-corrected chi connectivity index (χ4v) is 2.03. The summed E-state index contributed by atoms with van der Waals surface area (Å²) < 4.78 is 5.36. The summed E-state index contributed by atoms with van der Waals surface area (Å²) in [5.41, 5.74) is 7.96. The second-order valence-electron chi connectivity index (χ2n) is 4.14. The molecule has 0 bridgehead atoms. The van der Waals surface area contributed by atoms with Crippen molar-refractivity contribution in [1.82, 2.24) is 0 Å². The van der Waals surface area contributed by atoms with Gasteiger partial charge in [0.15, 0.2) is 0 Å². The third-order valence-corrected chi connectivity index (χ3v) is 2.78. The molecule has 0 fully saturated rings. The number of aliphatic hydroxyl groups excluding tert-OH is 1. The molecule has 1 aromatic rings. The van der Waals surface area contributed by atoms with Crippen LogP contribution in [0.5, 0.6) is 5.75 Å². The van der Waals surface area contributed by atoms with Gasteiger partial charge in [-0.15, -0.1) is 6.58 Å². The highest BCUT2D eigenvalue weighted by molar-refractivity contribution is 5.61. The van der Waals surface area contributed by atoms with E-state index in [-0.39, 0.29) is 12.6 Å². The summed E-state index contributed by atoms with van der Waals surface area (Å²) in [6.07, 6.45) is 1.81. The zero-order valence-electron chi connectivity index (χ0n) is 11.1. The first-order valence-corrected chi connectivity index (χ1v) is 6.04. The number of hydrogen-bond donors (Lipinski definition) is 2. The molecule has 0 amide bonds. The van der Waals surface area contributed by atoms with Gasteiger partial charge in [0.05, 0.1) is 13.7 Å². The lowest BCUT2D eigenvalue weighted by Crippen LogP contribution is -2.28. The maximum Gasteiger partial charge on any atom is 0.125 e. The number of ether oxygens (including phenoxy) is 1. The minimum absolute atomic E-state index is 0.0867. The van der Waals surface area contributed by atoms with Crippen LogP contribution in [0.2, 0.25) is 0 Å². The Hall–Kier alpha value is -1.52. The summed E-state index contributed by atoms with van der Waals surface area (Å²) in [5, 5.41) is 9.14. The second-order valence-corrected chi connectivity index (χ2v) is 4.14. The van der Waals surface area contributed by atoms with Crippen molar-refractivity contribution < 1.29 is 9.84 Å². The Morgan fingerprint density at radius 1 is 1.56 bits per heavy atom. The van der Waals surface area contributed by atoms with E-state index in [1.807, 2.05) is 30.0 Å². The number of benzene rings is 1. The normalized spacial score (nSPS) is 12.0. The zero-order chi connectivity index (χ0) is 13.5. The van der Waals surface area contributed by atoms with Crippen LogP contribution in [-0.4, -0.2) is 31.9 Å². The van der Waals surface area contributed by atoms with Gasteiger partial charge in [0.1, 0.15) is 5.75 Å². The van der Waals surface area contributed by atoms with Gasteiger partial charge in [-0.25, -0.2) is 0 Å². The maximum absolute atomic E-state index is 9.14. The quantitative estimate of drug-likeness (QED) is 0.723. The summed E-state index contributed by atoms with van der Waals surface area (Å²) in [7, 11) is 1.63. The Balaban J connectivity index is 3.22. The zero-order valence-corrected chi connectivity index (χ0v) is 11.1. The molecule has 0 aliphatic rings. The van der Waals surface area contributed by atoms with Crippen molar-refractivity contribution >= 4 is 5.69 Å². The van der Waals surface area contributed by atoms with E-state index >= 15 is 0 Å². The lowest BCUT2D eigenvalue weighted by Gasteiger charge is -2.27. The number of nitrogens with zero attached hydrogens (tertiary/aromatic N) is 1. The summed E-state index contributed by atoms with van der Waals surface area (Å²) in [6, 6.07) is 5.67. The van der Waals surface area contributed by atoms with Crippen LogP contribution >= 0.6 is 0 Å². The SMILES string of the molecule is C=CCN(CCO)c1cccc(OC)c1[C@@H](C)N. The van der Waals surface area contributed by atoms with Crippen LogP contribution in [0, 0.1) is 0 Å². The number of rotatable bonds is 7. The van der Waals surface area contributed by atoms with Crippen molar-refractivity contribution in [3.05, 3.63) is 36.4 Å². The molecule has 1 aromatic carbocycles. The van der Waals surface area contributed by atoms with E-state index < -0.39 is 0 Å². The van der Waals surface area contributed by atoms with Crippen molar-refractivity contribution in [3.8, 4) is 5.75 Å². The lowest BCUT2D eigenvalue weighted by atomic mass is 10.0. The smallest absolute Gasteiger partial charge is 0.125 e. The van der Waals surface area contributed by atoms with Crippen LogP contribution in [0.25, 0.3) is 0 Å². The van der Waals surface area contributed by atoms with Gasteiger partial charge in [-0.2, -0.15) is 0 Å². The van der Waals surface area contributed by atoms with E-state index in [0.29, 0.717) is 13.1 Å². The molecule has 0 unspecified atom stereocenters. The van der Waals surface area contributed by atoms with Crippen LogP contribution in [0.4, 0.5) is 5.69 Å². The number of anilines is 1. The van der Waals surface area contributed by atoms with Gasteiger partial charge < -0.3 is 20.5 Å². The Morgan fingerprint density at radius 3 is 2.78 bits per heavy atom. The number of nitrogens with two attached hydrogens (primary N) is 1. The van der Waals surface area contributed by atoms with Crippen molar-refractivity contribution in [2.75, 3.05) is 31.7 Å². The predicted molar refractivity (Wildman–Crippen MR) is 75.1 cm³/mol. The molecule has 0 saturated carbocycles. The van der Waals surface area contributed by atoms with Crippen LogP contribution < -0.4 is 15.4 Å². The lowest BCUT2D eigenvalue weighted by molar-refractivity contribution is 0.303. The van der Waals surface area contributed by atoms with Crippen molar-refractivity contribution in [1.29, 1.82) is 0 Å². The van der Waals surface area contributed by atoms with Crippen LogP contribution in [0.15, 0.2) is 30.9 Å². The molecule has 3 N–H and O–H groups in total. The van der Waals surface area contributed by atoms with E-state index in [1.54, 1.807) is 13.2 Å². The first-order valence-electron chi connectivity index (χ1n) is 6.04. The molecule has 0 aliphatic carbocycles. The standard InChI is InChI=1S/C14H22N2O2/c1-4-8-16(9-10-17)12-6-5-7-13(18-3)14(12)11(2)15/h4-7,11,17H,1,8-10,15H2,2-3H3/t11-/m1/s1. The Labute approximate surface area is 109 Å². The molecule has 4 nitrogen and oxygen atoms in total. The van der Waals surface area contributed by atoms with E-state index in [2.05, 4.69) is 6.58 Å². The monoisotopic (exact) mass is 250 g/mol. The van der Waals surface area contributed by atoms with Gasteiger partial charge in [-0.3, -0.25) is 0 Å². The van der Waals surface area contributed by atoms with Gasteiger partial charge in [0.25, 0.3) is 0 Å². The van der Waals surface area contributed by atoms with Crippen molar-refractivity contribution in [3.63, 3.8) is 0 Å². The molecule has 0 saturated heterocycles. The Kier molecular flexibility index (Phi) is 5.68. The molecule has 4 heteroatoms. The fourth-order valence-electron chi connectivity index (χ4n) is 2.03. The second kappa shape index (κ2) is 7.03. The molecule has 1 rings (SSSR count). The molecule has 0 heterocycles. The highest BCUT2D eigenvalue weighted by Gasteiger charge is 2.16. The number of methoxy groups -OCH3 is 1. The van der Waals surface area contributed by atoms with Crippen molar-refractivity contribution in [2.45, 2.75) is 13.0 Å². The molecule has 18 heavy (non-hydrogen) atoms. The summed E-state index contributed by atoms with van der Waals surface area (Å²) >= 11 is 0. The summed E-state index contributed by atoms with van der Waals surface area (Å²) in [6.45, 7) is 6.95. The minimum atomic E-state index is -0.137. The van der Waals surface area contributed by atoms with Gasteiger partial charge in [0.2, 0.25) is 0 Å². The highest BCUT2D eigenvalue weighted by atomic mass is 16.5. The highest BCUT2D eigenvalue weighted by Crippen LogP contribution is 2.33. The third kappa shape index (κ3) is 3.24. The van der Waals surface area contributed by atoms with Crippen molar-refractivity contribution in [2.24, 2.45) is 5.73 Å². The van der Waals surface area contributed by atoms with Crippen LogP contribution in [0.1, 0.15) is 18.5 Å². The number of aliphatic hydroxyl groups is 1. The van der Waals surface area contributed by atoms with Gasteiger partial charge >= 0.3 is 0 Å². The Morgan fingerprint density at radius 2 is 2.28 bits per heavy atom. The topological polar surface area (TPSA) is 58.7 Å². The van der Waals surface area contributed by atoms with Gasteiger partial charge in [-0.1, -0.05) is 12.1 Å². The minimum Gasteiger partial charge on any atom is -0.496 e.